The molecule has 1 aromatic rings. The molecule has 0 bridgehead atoms. The van der Waals surface area contributed by atoms with Gasteiger partial charge in [-0.1, -0.05) is 0 Å². The summed E-state index contributed by atoms with van der Waals surface area (Å²) in [6.07, 6.45) is 0.608. The van der Waals surface area contributed by atoms with E-state index in [1.165, 1.54) is 18.5 Å². The largest absolute Gasteiger partial charge is 0.497 e. The molecule has 8 heteroatoms. The van der Waals surface area contributed by atoms with Crippen LogP contribution in [0.4, 0.5) is 0 Å². The number of amides is 1. The lowest BCUT2D eigenvalue weighted by atomic mass is 10.1. The minimum atomic E-state index is -3.23. The Hall–Kier alpha value is -1.80. The minimum Gasteiger partial charge on any atom is -0.497 e. The zero-order chi connectivity index (χ0) is 17.7. The number of nitrogens with zero attached hydrogens (tertiary/aromatic N) is 2. The molecule has 7 nitrogen and oxygen atoms in total. The molecule has 0 atom stereocenters. The maximum atomic E-state index is 12.8. The van der Waals surface area contributed by atoms with Crippen molar-refractivity contribution in [2.75, 3.05) is 46.2 Å². The van der Waals surface area contributed by atoms with E-state index in [1.807, 2.05) is 0 Å². The summed E-state index contributed by atoms with van der Waals surface area (Å²) in [6.45, 7) is 3.25. The van der Waals surface area contributed by atoms with Crippen LogP contribution in [-0.4, -0.2) is 69.7 Å². The standard InChI is InChI=1S/C16H24N2O5S/c1-4-24(20,21)18-9-5-8-17(10-11-18)16(19)14-12-13(22-2)6-7-15(14)23-3/h6-7,12H,4-5,8-11H2,1-3H3. The fraction of sp³-hybridized carbons (Fsp3) is 0.562. The van der Waals surface area contributed by atoms with Crippen LogP contribution >= 0.6 is 0 Å². The second kappa shape index (κ2) is 7.85. The molecule has 134 valence electrons. The lowest BCUT2D eigenvalue weighted by Crippen LogP contribution is -2.38. The number of hydrogen-bond donors (Lipinski definition) is 0. The Balaban J connectivity index is 2.19. The fourth-order valence-electron chi connectivity index (χ4n) is 2.71. The van der Waals surface area contributed by atoms with Gasteiger partial charge >= 0.3 is 0 Å². The lowest BCUT2D eigenvalue weighted by Gasteiger charge is -2.22. The molecule has 0 radical (unpaired) electrons. The smallest absolute Gasteiger partial charge is 0.257 e. The van der Waals surface area contributed by atoms with Crippen LogP contribution in [-0.2, 0) is 10.0 Å². The number of rotatable bonds is 5. The Morgan fingerprint density at radius 3 is 2.50 bits per heavy atom. The van der Waals surface area contributed by atoms with Gasteiger partial charge in [0.2, 0.25) is 10.0 Å². The third-order valence-electron chi connectivity index (χ3n) is 4.14. The normalized spacial score (nSPS) is 16.5. The predicted molar refractivity (Wildman–Crippen MR) is 91.1 cm³/mol. The van der Waals surface area contributed by atoms with Gasteiger partial charge in [-0.15, -0.1) is 0 Å². The predicted octanol–water partition coefficient (Wildman–Crippen LogP) is 1.20. The third-order valence-corrected chi connectivity index (χ3v) is 6.02. The van der Waals surface area contributed by atoms with E-state index in [0.717, 1.165) is 0 Å². The molecule has 2 rings (SSSR count). The highest BCUT2D eigenvalue weighted by atomic mass is 32.2. The van der Waals surface area contributed by atoms with Crippen LogP contribution in [0.25, 0.3) is 0 Å². The highest BCUT2D eigenvalue weighted by molar-refractivity contribution is 7.89. The first kappa shape index (κ1) is 18.5. The number of benzene rings is 1. The van der Waals surface area contributed by atoms with E-state index in [4.69, 9.17) is 9.47 Å². The van der Waals surface area contributed by atoms with Gasteiger partial charge in [0.1, 0.15) is 11.5 Å². The van der Waals surface area contributed by atoms with Crippen LogP contribution in [0, 0.1) is 0 Å². The maximum Gasteiger partial charge on any atom is 0.257 e. The van der Waals surface area contributed by atoms with Crippen molar-refractivity contribution >= 4 is 15.9 Å². The molecule has 0 spiro atoms. The summed E-state index contributed by atoms with van der Waals surface area (Å²) in [4.78, 5) is 14.5. The number of ether oxygens (including phenoxy) is 2. The zero-order valence-corrected chi connectivity index (χ0v) is 15.1. The van der Waals surface area contributed by atoms with E-state index < -0.39 is 10.0 Å². The average molecular weight is 356 g/mol. The first-order valence-electron chi connectivity index (χ1n) is 7.92. The summed E-state index contributed by atoms with van der Waals surface area (Å²) in [6, 6.07) is 5.07. The zero-order valence-electron chi connectivity index (χ0n) is 14.3. The SMILES string of the molecule is CCS(=O)(=O)N1CCCN(C(=O)c2cc(OC)ccc2OC)CC1. The Bertz CT molecular complexity index is 690. The third kappa shape index (κ3) is 3.99. The molecule has 1 heterocycles. The van der Waals surface area contributed by atoms with Crippen molar-refractivity contribution in [1.29, 1.82) is 0 Å². The Labute approximate surface area is 143 Å². The van der Waals surface area contributed by atoms with E-state index in [-0.39, 0.29) is 11.7 Å². The fourth-order valence-corrected chi connectivity index (χ4v) is 3.84. The monoisotopic (exact) mass is 356 g/mol. The first-order valence-corrected chi connectivity index (χ1v) is 9.53. The second-order valence-corrected chi connectivity index (χ2v) is 7.77. The summed E-state index contributed by atoms with van der Waals surface area (Å²) in [5.74, 6) is 0.943. The Morgan fingerprint density at radius 2 is 1.88 bits per heavy atom. The van der Waals surface area contributed by atoms with Crippen LogP contribution in [0.5, 0.6) is 11.5 Å². The summed E-state index contributed by atoms with van der Waals surface area (Å²) >= 11 is 0. The molecule has 1 aliphatic heterocycles. The van der Waals surface area contributed by atoms with E-state index in [1.54, 1.807) is 30.0 Å². The number of sulfonamides is 1. The van der Waals surface area contributed by atoms with Crippen molar-refractivity contribution in [2.45, 2.75) is 13.3 Å². The first-order chi connectivity index (χ1) is 11.4. The molecule has 0 saturated carbocycles. The molecular weight excluding hydrogens is 332 g/mol. The van der Waals surface area contributed by atoms with Crippen molar-refractivity contribution in [2.24, 2.45) is 0 Å². The number of hydrogen-bond acceptors (Lipinski definition) is 5. The molecule has 1 fully saturated rings. The van der Waals surface area contributed by atoms with Gasteiger partial charge in [0.05, 0.1) is 25.5 Å². The molecule has 0 aromatic heterocycles. The molecule has 0 unspecified atom stereocenters. The average Bonchev–Trinajstić information content (AvgIpc) is 2.87. The molecule has 0 N–H and O–H groups in total. The van der Waals surface area contributed by atoms with Crippen molar-refractivity contribution in [3.8, 4) is 11.5 Å². The molecule has 0 aliphatic carbocycles. The minimum absolute atomic E-state index is 0.0741. The van der Waals surface area contributed by atoms with Crippen molar-refractivity contribution in [3.63, 3.8) is 0 Å². The van der Waals surface area contributed by atoms with Gasteiger partial charge in [-0.05, 0) is 31.5 Å². The van der Waals surface area contributed by atoms with E-state index in [0.29, 0.717) is 49.7 Å². The lowest BCUT2D eigenvalue weighted by molar-refractivity contribution is 0.0760. The van der Waals surface area contributed by atoms with Crippen LogP contribution in [0.2, 0.25) is 0 Å². The Morgan fingerprint density at radius 1 is 1.12 bits per heavy atom. The highest BCUT2D eigenvalue weighted by Crippen LogP contribution is 2.25. The maximum absolute atomic E-state index is 12.8. The molecule has 1 aromatic carbocycles. The van der Waals surface area contributed by atoms with Gasteiger partial charge in [-0.2, -0.15) is 0 Å². The summed E-state index contributed by atoms with van der Waals surface area (Å²) in [7, 11) is -0.183. The van der Waals surface area contributed by atoms with E-state index in [9.17, 15) is 13.2 Å². The van der Waals surface area contributed by atoms with Gasteiger partial charge in [-0.25, -0.2) is 12.7 Å². The summed E-state index contributed by atoms with van der Waals surface area (Å²) < 4.78 is 36.0. The van der Waals surface area contributed by atoms with Crippen LogP contribution in [0.3, 0.4) is 0 Å². The molecule has 1 amide bonds. The second-order valence-electron chi connectivity index (χ2n) is 5.51. The van der Waals surface area contributed by atoms with Gasteiger partial charge in [-0.3, -0.25) is 4.79 Å². The van der Waals surface area contributed by atoms with Gasteiger partial charge in [0, 0.05) is 26.2 Å². The van der Waals surface area contributed by atoms with Crippen LogP contribution < -0.4 is 9.47 Å². The molecule has 24 heavy (non-hydrogen) atoms. The number of carbonyl (C=O) groups is 1. The molecule has 1 saturated heterocycles. The molecule has 1 aliphatic rings. The van der Waals surface area contributed by atoms with Crippen molar-refractivity contribution < 1.29 is 22.7 Å². The molecular formula is C16H24N2O5S. The Kier molecular flexibility index (Phi) is 6.06. The number of carbonyl (C=O) groups excluding carboxylic acids is 1. The highest BCUT2D eigenvalue weighted by Gasteiger charge is 2.27. The van der Waals surface area contributed by atoms with E-state index >= 15 is 0 Å². The quantitative estimate of drug-likeness (QED) is 0.792. The van der Waals surface area contributed by atoms with E-state index in [2.05, 4.69) is 0 Å². The van der Waals surface area contributed by atoms with Crippen molar-refractivity contribution in [1.82, 2.24) is 9.21 Å². The van der Waals surface area contributed by atoms with Crippen LogP contribution in [0.1, 0.15) is 23.7 Å². The van der Waals surface area contributed by atoms with Gasteiger partial charge in [0.25, 0.3) is 5.91 Å². The van der Waals surface area contributed by atoms with Gasteiger partial charge < -0.3 is 14.4 Å². The number of methoxy groups -OCH3 is 2. The van der Waals surface area contributed by atoms with Gasteiger partial charge in [0.15, 0.2) is 0 Å². The van der Waals surface area contributed by atoms with Crippen molar-refractivity contribution in [3.05, 3.63) is 23.8 Å². The summed E-state index contributed by atoms with van der Waals surface area (Å²) in [5, 5.41) is 0. The summed E-state index contributed by atoms with van der Waals surface area (Å²) in [5.41, 5.74) is 0.420. The van der Waals surface area contributed by atoms with Crippen LogP contribution in [0.15, 0.2) is 18.2 Å². The topological polar surface area (TPSA) is 76.2 Å².